The molecule has 0 amide bonds. The van der Waals surface area contributed by atoms with Crippen LogP contribution in [0.25, 0.3) is 0 Å². The summed E-state index contributed by atoms with van der Waals surface area (Å²) in [6.45, 7) is 0. The van der Waals surface area contributed by atoms with Crippen LogP contribution in [0.3, 0.4) is 0 Å². The zero-order chi connectivity index (χ0) is 11.4. The topological polar surface area (TPSA) is 63.8 Å². The van der Waals surface area contributed by atoms with E-state index in [1.807, 2.05) is 0 Å². The van der Waals surface area contributed by atoms with Crippen LogP contribution in [0, 0.1) is 0 Å². The van der Waals surface area contributed by atoms with E-state index in [-0.39, 0.29) is 0 Å². The van der Waals surface area contributed by atoms with Gasteiger partial charge in [0, 0.05) is 6.04 Å². The third-order valence-electron chi connectivity index (χ3n) is 3.01. The lowest BCUT2D eigenvalue weighted by molar-refractivity contribution is 0.617. The zero-order valence-electron chi connectivity index (χ0n) is 9.25. The van der Waals surface area contributed by atoms with Gasteiger partial charge in [-0.1, -0.05) is 25.7 Å². The fourth-order valence-corrected chi connectivity index (χ4v) is 2.42. The molecule has 1 fully saturated rings. The van der Waals surface area contributed by atoms with E-state index in [4.69, 9.17) is 5.73 Å². The van der Waals surface area contributed by atoms with E-state index in [1.54, 1.807) is 0 Å². The Bertz CT molecular complexity index is 348. The van der Waals surface area contributed by atoms with Gasteiger partial charge in [-0.2, -0.15) is 0 Å². The van der Waals surface area contributed by atoms with Gasteiger partial charge in [-0.15, -0.1) is 0 Å². The van der Waals surface area contributed by atoms with Crippen LogP contribution in [0.4, 0.5) is 11.6 Å². The van der Waals surface area contributed by atoms with Crippen molar-refractivity contribution >= 4 is 27.6 Å². The Labute approximate surface area is 104 Å². The number of halogens is 1. The van der Waals surface area contributed by atoms with Crippen molar-refractivity contribution in [3.8, 4) is 0 Å². The standard InChI is InChI=1S/C11H17BrN4/c12-9-10(13)14-7-15-11(9)16-8-5-3-1-2-4-6-8/h7-8H,1-6H2,(H3,13,14,15,16). The summed E-state index contributed by atoms with van der Waals surface area (Å²) < 4.78 is 0.777. The molecule has 4 nitrogen and oxygen atoms in total. The fourth-order valence-electron chi connectivity index (χ4n) is 2.10. The second-order valence-electron chi connectivity index (χ2n) is 4.25. The van der Waals surface area contributed by atoms with E-state index in [2.05, 4.69) is 31.2 Å². The maximum atomic E-state index is 5.72. The summed E-state index contributed by atoms with van der Waals surface area (Å²) in [5.41, 5.74) is 5.72. The Hall–Kier alpha value is -0.840. The highest BCUT2D eigenvalue weighted by Gasteiger charge is 2.14. The Kier molecular flexibility index (Phi) is 3.98. The monoisotopic (exact) mass is 284 g/mol. The highest BCUT2D eigenvalue weighted by atomic mass is 79.9. The Balaban J connectivity index is 2.04. The number of rotatable bonds is 2. The molecule has 2 rings (SSSR count). The molecule has 1 aliphatic carbocycles. The second-order valence-corrected chi connectivity index (χ2v) is 5.05. The van der Waals surface area contributed by atoms with Gasteiger partial charge in [0.15, 0.2) is 0 Å². The number of hydrogen-bond donors (Lipinski definition) is 2. The van der Waals surface area contributed by atoms with Gasteiger partial charge in [0.05, 0.1) is 0 Å². The first-order valence-corrected chi connectivity index (χ1v) is 6.59. The van der Waals surface area contributed by atoms with Gasteiger partial charge >= 0.3 is 0 Å². The summed E-state index contributed by atoms with van der Waals surface area (Å²) in [6.07, 6.45) is 9.24. The number of nitrogens with zero attached hydrogens (tertiary/aromatic N) is 2. The summed E-state index contributed by atoms with van der Waals surface area (Å²) >= 11 is 3.41. The number of nitrogen functional groups attached to an aromatic ring is 1. The average molecular weight is 285 g/mol. The average Bonchev–Trinajstić information content (AvgIpc) is 2.53. The molecule has 0 atom stereocenters. The molecule has 1 heterocycles. The van der Waals surface area contributed by atoms with Crippen LogP contribution in [0.5, 0.6) is 0 Å². The van der Waals surface area contributed by atoms with Crippen molar-refractivity contribution in [2.45, 2.75) is 44.6 Å². The molecule has 16 heavy (non-hydrogen) atoms. The second kappa shape index (κ2) is 5.48. The fraction of sp³-hybridized carbons (Fsp3) is 0.636. The molecule has 0 bridgehead atoms. The summed E-state index contributed by atoms with van der Waals surface area (Å²) in [5, 5.41) is 3.45. The minimum atomic E-state index is 0.492. The lowest BCUT2D eigenvalue weighted by Crippen LogP contribution is -2.19. The minimum absolute atomic E-state index is 0.492. The van der Waals surface area contributed by atoms with E-state index >= 15 is 0 Å². The van der Waals surface area contributed by atoms with Gasteiger partial charge in [-0.3, -0.25) is 0 Å². The van der Waals surface area contributed by atoms with Crippen LogP contribution in [-0.2, 0) is 0 Å². The van der Waals surface area contributed by atoms with Crippen LogP contribution < -0.4 is 11.1 Å². The first-order chi connectivity index (χ1) is 7.77. The molecule has 88 valence electrons. The number of nitrogens with two attached hydrogens (primary N) is 1. The van der Waals surface area contributed by atoms with E-state index in [0.717, 1.165) is 10.3 Å². The smallest absolute Gasteiger partial charge is 0.146 e. The molecule has 0 aliphatic heterocycles. The van der Waals surface area contributed by atoms with Gasteiger partial charge in [0.25, 0.3) is 0 Å². The molecule has 3 N–H and O–H groups in total. The van der Waals surface area contributed by atoms with Crippen molar-refractivity contribution in [3.63, 3.8) is 0 Å². The number of aromatic nitrogens is 2. The van der Waals surface area contributed by atoms with Crippen molar-refractivity contribution < 1.29 is 0 Å². The third-order valence-corrected chi connectivity index (χ3v) is 3.79. The van der Waals surface area contributed by atoms with Gasteiger partial charge in [-0.05, 0) is 28.8 Å². The quantitative estimate of drug-likeness (QED) is 0.820. The van der Waals surface area contributed by atoms with E-state index < -0.39 is 0 Å². The number of nitrogens with one attached hydrogen (secondary N) is 1. The van der Waals surface area contributed by atoms with Crippen LogP contribution in [0.2, 0.25) is 0 Å². The molecule has 1 aromatic heterocycles. The largest absolute Gasteiger partial charge is 0.383 e. The predicted octanol–water partition coefficient (Wildman–Crippen LogP) is 2.96. The summed E-state index contributed by atoms with van der Waals surface area (Å²) in [6, 6.07) is 0.521. The molecule has 0 saturated heterocycles. The SMILES string of the molecule is Nc1ncnc(NC2CCCCCC2)c1Br. The third kappa shape index (κ3) is 2.84. The molecule has 0 radical (unpaired) electrons. The van der Waals surface area contributed by atoms with Crippen LogP contribution in [0.15, 0.2) is 10.8 Å². The Morgan fingerprint density at radius 1 is 1.19 bits per heavy atom. The van der Waals surface area contributed by atoms with E-state index in [0.29, 0.717) is 11.9 Å². The molecule has 0 spiro atoms. The van der Waals surface area contributed by atoms with Gasteiger partial charge in [0.1, 0.15) is 22.4 Å². The molecule has 1 saturated carbocycles. The van der Waals surface area contributed by atoms with Crippen molar-refractivity contribution in [2.75, 3.05) is 11.1 Å². The van der Waals surface area contributed by atoms with Crippen molar-refractivity contribution in [1.29, 1.82) is 0 Å². The molecular formula is C11H17BrN4. The van der Waals surface area contributed by atoms with E-state index in [1.165, 1.54) is 44.9 Å². The van der Waals surface area contributed by atoms with Gasteiger partial charge in [0.2, 0.25) is 0 Å². The summed E-state index contributed by atoms with van der Waals surface area (Å²) in [4.78, 5) is 8.15. The molecular weight excluding hydrogens is 268 g/mol. The molecule has 1 aromatic rings. The number of anilines is 2. The maximum absolute atomic E-state index is 5.72. The lowest BCUT2D eigenvalue weighted by atomic mass is 10.1. The number of hydrogen-bond acceptors (Lipinski definition) is 4. The highest BCUT2D eigenvalue weighted by molar-refractivity contribution is 9.10. The van der Waals surface area contributed by atoms with Gasteiger partial charge < -0.3 is 11.1 Å². The molecule has 0 unspecified atom stereocenters. The highest BCUT2D eigenvalue weighted by Crippen LogP contribution is 2.27. The normalized spacial score (nSPS) is 18.1. The minimum Gasteiger partial charge on any atom is -0.383 e. The van der Waals surface area contributed by atoms with Crippen LogP contribution >= 0.6 is 15.9 Å². The first kappa shape index (κ1) is 11.6. The first-order valence-electron chi connectivity index (χ1n) is 5.80. The Morgan fingerprint density at radius 3 is 2.56 bits per heavy atom. The van der Waals surface area contributed by atoms with Crippen molar-refractivity contribution in [2.24, 2.45) is 0 Å². The van der Waals surface area contributed by atoms with Crippen molar-refractivity contribution in [3.05, 3.63) is 10.8 Å². The van der Waals surface area contributed by atoms with Crippen LogP contribution in [0.1, 0.15) is 38.5 Å². The molecule has 5 heteroatoms. The summed E-state index contributed by atoms with van der Waals surface area (Å²) in [7, 11) is 0. The van der Waals surface area contributed by atoms with Crippen LogP contribution in [-0.4, -0.2) is 16.0 Å². The Morgan fingerprint density at radius 2 is 1.88 bits per heavy atom. The zero-order valence-corrected chi connectivity index (χ0v) is 10.8. The maximum Gasteiger partial charge on any atom is 0.146 e. The lowest BCUT2D eigenvalue weighted by Gasteiger charge is -2.17. The van der Waals surface area contributed by atoms with Crippen molar-refractivity contribution in [1.82, 2.24) is 9.97 Å². The molecule has 0 aromatic carbocycles. The van der Waals surface area contributed by atoms with Gasteiger partial charge in [-0.25, -0.2) is 9.97 Å². The summed E-state index contributed by atoms with van der Waals surface area (Å²) in [5.74, 6) is 1.31. The molecule has 1 aliphatic rings. The predicted molar refractivity (Wildman–Crippen MR) is 69.3 cm³/mol. The van der Waals surface area contributed by atoms with E-state index in [9.17, 15) is 0 Å².